The molecule has 3 fully saturated rings. The van der Waals surface area contributed by atoms with Crippen molar-refractivity contribution in [2.75, 3.05) is 6.61 Å². The van der Waals surface area contributed by atoms with Gasteiger partial charge in [-0.05, 0) is 87.5 Å². The van der Waals surface area contributed by atoms with Crippen molar-refractivity contribution in [3.05, 3.63) is 11.6 Å². The molecule has 4 rings (SSSR count). The van der Waals surface area contributed by atoms with Crippen LogP contribution in [0.1, 0.15) is 79.1 Å². The zero-order valence-electron chi connectivity index (χ0n) is 19.6. The topological polar surface area (TPSA) is 102 Å². The fraction of sp³-hybridized carbons (Fsp3) is 0.760. The summed E-state index contributed by atoms with van der Waals surface area (Å²) in [5.74, 6) is 0.00154. The van der Waals surface area contributed by atoms with Crippen molar-refractivity contribution >= 4 is 23.4 Å². The van der Waals surface area contributed by atoms with E-state index in [1.807, 2.05) is 0 Å². The lowest BCUT2D eigenvalue weighted by atomic mass is 9.46. The van der Waals surface area contributed by atoms with Crippen LogP contribution < -0.4 is 0 Å². The van der Waals surface area contributed by atoms with E-state index in [2.05, 4.69) is 25.1 Å². The predicted octanol–water partition coefficient (Wildman–Crippen LogP) is 4.30. The Hall–Kier alpha value is -2.18. The lowest BCUT2D eigenvalue weighted by molar-refractivity contribution is -0.187. The van der Waals surface area contributed by atoms with Crippen molar-refractivity contribution in [3.8, 4) is 0 Å². The number of carbonyl (C=O) groups excluding carboxylic acids is 2. The van der Waals surface area contributed by atoms with Gasteiger partial charge in [0.1, 0.15) is 0 Å². The number of ether oxygens (including phenoxy) is 1. The van der Waals surface area contributed by atoms with E-state index in [0.29, 0.717) is 24.2 Å². The highest BCUT2D eigenvalue weighted by atomic mass is 16.6. The van der Waals surface area contributed by atoms with Crippen LogP contribution in [0.25, 0.3) is 0 Å². The second-order valence-electron chi connectivity index (χ2n) is 10.7. The first-order chi connectivity index (χ1) is 15.0. The number of allylic oxidation sites excluding steroid dienone is 2. The molecule has 0 aliphatic heterocycles. The molecule has 0 amide bonds. The SMILES string of the molecule is CC(=O)O[C@]1(C(C)=O)CC[C@H]2[C@@H]3CCC4=C/C(=N/OCC(=O)O)CC[C@]4(C)[C@H]3CC[C@@]21C. The molecule has 0 unspecified atom stereocenters. The molecule has 32 heavy (non-hydrogen) atoms. The van der Waals surface area contributed by atoms with Gasteiger partial charge < -0.3 is 14.7 Å². The van der Waals surface area contributed by atoms with Crippen molar-refractivity contribution < 1.29 is 29.1 Å². The molecule has 0 radical (unpaired) electrons. The summed E-state index contributed by atoms with van der Waals surface area (Å²) < 4.78 is 5.84. The number of Topliss-reactive ketones (excluding diaryl/α,β-unsaturated/α-hetero) is 1. The maximum atomic E-state index is 12.8. The number of ketones is 1. The summed E-state index contributed by atoms with van der Waals surface area (Å²) in [6.45, 7) is 7.12. The average molecular weight is 446 g/mol. The quantitative estimate of drug-likeness (QED) is 0.500. The van der Waals surface area contributed by atoms with E-state index in [0.717, 1.165) is 50.7 Å². The number of nitrogens with zero attached hydrogens (tertiary/aromatic N) is 1. The van der Waals surface area contributed by atoms with Crippen molar-refractivity contribution in [1.29, 1.82) is 0 Å². The fourth-order valence-corrected chi connectivity index (χ4v) is 7.87. The van der Waals surface area contributed by atoms with E-state index in [4.69, 9.17) is 14.7 Å². The maximum absolute atomic E-state index is 12.8. The highest BCUT2D eigenvalue weighted by Gasteiger charge is 2.67. The van der Waals surface area contributed by atoms with Crippen LogP contribution in [0, 0.1) is 28.6 Å². The molecule has 176 valence electrons. The third-order valence-corrected chi connectivity index (χ3v) is 9.35. The van der Waals surface area contributed by atoms with Gasteiger partial charge in [-0.1, -0.05) is 24.6 Å². The van der Waals surface area contributed by atoms with Crippen molar-refractivity contribution in [2.45, 2.75) is 84.7 Å². The van der Waals surface area contributed by atoms with E-state index in [1.165, 1.54) is 12.5 Å². The molecule has 7 heteroatoms. The Morgan fingerprint density at radius 1 is 1.06 bits per heavy atom. The number of oxime groups is 1. The smallest absolute Gasteiger partial charge is 0.344 e. The standard InChI is InChI=1S/C25H35NO6/c1-15(27)25(32-16(2)28)12-9-21-19-6-5-17-13-18(26-31-14-22(29)30)7-10-23(17,3)20(19)8-11-24(21,25)4/h13,19-21H,5-12,14H2,1-4H3,(H,29,30)/b26-18+/t19-,20+,21+,23+,24+,25+/m1/s1. The molecule has 0 heterocycles. The van der Waals surface area contributed by atoms with E-state index in [1.54, 1.807) is 6.92 Å². The Bertz CT molecular complexity index is 893. The second kappa shape index (κ2) is 7.99. The molecule has 0 spiro atoms. The number of hydrogen-bond acceptors (Lipinski definition) is 6. The summed E-state index contributed by atoms with van der Waals surface area (Å²) in [6, 6.07) is 0. The highest BCUT2D eigenvalue weighted by molar-refractivity contribution is 5.96. The van der Waals surface area contributed by atoms with Crippen LogP contribution in [-0.2, 0) is 24.0 Å². The van der Waals surface area contributed by atoms with Crippen molar-refractivity contribution in [2.24, 2.45) is 33.7 Å². The number of carbonyl (C=O) groups is 3. The van der Waals surface area contributed by atoms with Crippen molar-refractivity contribution in [1.82, 2.24) is 0 Å². The monoisotopic (exact) mass is 445 g/mol. The summed E-state index contributed by atoms with van der Waals surface area (Å²) in [4.78, 5) is 40.4. The van der Waals surface area contributed by atoms with Crippen LogP contribution in [0.2, 0.25) is 0 Å². The first kappa shape index (κ1) is 23.0. The minimum Gasteiger partial charge on any atom is -0.479 e. The van der Waals surface area contributed by atoms with Crippen LogP contribution in [-0.4, -0.2) is 40.7 Å². The molecule has 4 aliphatic rings. The normalized spacial score (nSPS) is 41.7. The molecule has 0 bridgehead atoms. The Morgan fingerprint density at radius 3 is 2.44 bits per heavy atom. The van der Waals surface area contributed by atoms with Crippen molar-refractivity contribution in [3.63, 3.8) is 0 Å². The summed E-state index contributed by atoms with van der Waals surface area (Å²) in [5.41, 5.74) is 0.999. The van der Waals surface area contributed by atoms with Gasteiger partial charge in [0.25, 0.3) is 0 Å². The van der Waals surface area contributed by atoms with Crippen LogP contribution in [0.15, 0.2) is 16.8 Å². The lowest BCUT2D eigenvalue weighted by Gasteiger charge is -2.59. The zero-order valence-corrected chi connectivity index (χ0v) is 19.6. The largest absolute Gasteiger partial charge is 0.479 e. The molecule has 3 saturated carbocycles. The molecular formula is C25H35NO6. The molecular weight excluding hydrogens is 410 g/mol. The summed E-state index contributed by atoms with van der Waals surface area (Å²) in [5, 5.41) is 12.8. The summed E-state index contributed by atoms with van der Waals surface area (Å²) in [7, 11) is 0. The number of aliphatic carboxylic acids is 1. The van der Waals surface area contributed by atoms with E-state index in [-0.39, 0.29) is 22.6 Å². The van der Waals surface area contributed by atoms with Crippen LogP contribution >= 0.6 is 0 Å². The zero-order chi connectivity index (χ0) is 23.3. The Kier molecular flexibility index (Phi) is 5.74. The van der Waals surface area contributed by atoms with Gasteiger partial charge in [0, 0.05) is 12.3 Å². The third kappa shape index (κ3) is 3.39. The molecule has 0 aromatic carbocycles. The third-order valence-electron chi connectivity index (χ3n) is 9.35. The van der Waals surface area contributed by atoms with Gasteiger partial charge in [-0.25, -0.2) is 4.79 Å². The number of hydrogen-bond donors (Lipinski definition) is 1. The first-order valence-corrected chi connectivity index (χ1v) is 11.9. The number of carboxylic acids is 1. The van der Waals surface area contributed by atoms with Crippen LogP contribution in [0.3, 0.4) is 0 Å². The molecule has 4 aliphatic carbocycles. The molecule has 7 nitrogen and oxygen atoms in total. The van der Waals surface area contributed by atoms with Gasteiger partial charge in [0.05, 0.1) is 5.71 Å². The van der Waals surface area contributed by atoms with Crippen LogP contribution in [0.5, 0.6) is 0 Å². The molecule has 0 saturated heterocycles. The second-order valence-corrected chi connectivity index (χ2v) is 10.7. The lowest BCUT2D eigenvalue weighted by Crippen LogP contribution is -2.58. The number of fused-ring (bicyclic) bond motifs is 5. The minimum atomic E-state index is -1.03. The van der Waals surface area contributed by atoms with Gasteiger partial charge in [0.2, 0.25) is 6.61 Å². The maximum Gasteiger partial charge on any atom is 0.344 e. The Morgan fingerprint density at radius 2 is 1.78 bits per heavy atom. The number of rotatable bonds is 5. The molecule has 6 atom stereocenters. The van der Waals surface area contributed by atoms with Gasteiger partial charge in [-0.15, -0.1) is 0 Å². The first-order valence-electron chi connectivity index (χ1n) is 11.9. The van der Waals surface area contributed by atoms with Crippen LogP contribution in [0.4, 0.5) is 0 Å². The Balaban J connectivity index is 1.59. The van der Waals surface area contributed by atoms with Gasteiger partial charge in [-0.3, -0.25) is 9.59 Å². The van der Waals surface area contributed by atoms with Gasteiger partial charge in [0.15, 0.2) is 11.4 Å². The van der Waals surface area contributed by atoms with Gasteiger partial charge in [-0.2, -0.15) is 0 Å². The fourth-order valence-electron chi connectivity index (χ4n) is 7.87. The molecule has 1 N–H and O–H groups in total. The van der Waals surface area contributed by atoms with E-state index < -0.39 is 18.2 Å². The minimum absolute atomic E-state index is 0.0152. The summed E-state index contributed by atoms with van der Waals surface area (Å²) >= 11 is 0. The summed E-state index contributed by atoms with van der Waals surface area (Å²) in [6.07, 6.45) is 9.37. The predicted molar refractivity (Wildman–Crippen MR) is 118 cm³/mol. The molecule has 0 aromatic heterocycles. The van der Waals surface area contributed by atoms with Gasteiger partial charge >= 0.3 is 11.9 Å². The number of esters is 1. The van der Waals surface area contributed by atoms with E-state index in [9.17, 15) is 14.4 Å². The average Bonchev–Trinajstić information content (AvgIpc) is 3.01. The highest BCUT2D eigenvalue weighted by Crippen LogP contribution is 2.68. The molecule has 0 aromatic rings. The van der Waals surface area contributed by atoms with E-state index >= 15 is 0 Å². The number of carboxylic acid groups (broad SMARTS) is 1. The Labute approximate surface area is 189 Å².